The smallest absolute Gasteiger partial charge is 0.270 e. The largest absolute Gasteiger partial charge is 0.495 e. The minimum absolute atomic E-state index is 0.0455. The monoisotopic (exact) mass is 542 g/mol. The van der Waals surface area contributed by atoms with Crippen molar-refractivity contribution >= 4 is 45.1 Å². The van der Waals surface area contributed by atoms with Gasteiger partial charge in [-0.15, -0.1) is 0 Å². The number of non-ortho nitro benzene ring substituents is 1. The normalized spacial score (nSPS) is 14.0. The maximum absolute atomic E-state index is 12.9. The Hall–Kier alpha value is -5.04. The van der Waals surface area contributed by atoms with E-state index in [1.165, 1.54) is 31.6 Å². The van der Waals surface area contributed by atoms with Crippen LogP contribution in [0.1, 0.15) is 24.6 Å². The highest BCUT2D eigenvalue weighted by Crippen LogP contribution is 2.37. The van der Waals surface area contributed by atoms with Crippen molar-refractivity contribution < 1.29 is 18.9 Å². The standard InChI is InChI=1S/C27H26N8O5/c1-39-22-12-15(25-24-26(28)30-14-31-27(24)34(33-25)17-6-8-29-9-7-17)2-4-20(22)32-23(36)13-19-11-16-10-18(35(37)38)3-5-21(16)40-19/h2-5,10-12,14,17,29H,6-9,13H2,1H3,(H,32,36)(H2,28,30,31). The number of nitro benzene ring substituents is 1. The van der Waals surface area contributed by atoms with E-state index in [1.807, 2.05) is 10.7 Å². The number of nitro groups is 1. The van der Waals surface area contributed by atoms with Crippen molar-refractivity contribution in [2.75, 3.05) is 31.2 Å². The van der Waals surface area contributed by atoms with Gasteiger partial charge < -0.3 is 25.5 Å². The maximum atomic E-state index is 12.9. The molecule has 1 aliphatic rings. The Morgan fingerprint density at radius 1 is 1.23 bits per heavy atom. The predicted octanol–water partition coefficient (Wildman–Crippen LogP) is 3.84. The van der Waals surface area contributed by atoms with Gasteiger partial charge in [-0.2, -0.15) is 5.10 Å². The lowest BCUT2D eigenvalue weighted by molar-refractivity contribution is -0.384. The average Bonchev–Trinajstić information content (AvgIpc) is 3.55. The lowest BCUT2D eigenvalue weighted by atomic mass is 10.1. The molecule has 1 amide bonds. The molecule has 0 bridgehead atoms. The number of nitrogen functional groups attached to an aromatic ring is 1. The third-order valence-corrected chi connectivity index (χ3v) is 7.02. The Labute approximate surface area is 227 Å². The van der Waals surface area contributed by atoms with Gasteiger partial charge in [0.25, 0.3) is 5.69 Å². The van der Waals surface area contributed by atoms with E-state index in [-0.39, 0.29) is 24.1 Å². The Morgan fingerprint density at radius 2 is 2.05 bits per heavy atom. The fourth-order valence-corrected chi connectivity index (χ4v) is 5.08. The molecule has 13 nitrogen and oxygen atoms in total. The van der Waals surface area contributed by atoms with Gasteiger partial charge in [-0.3, -0.25) is 14.9 Å². The summed E-state index contributed by atoms with van der Waals surface area (Å²) in [6.07, 6.45) is 3.24. The minimum atomic E-state index is -0.475. The fourth-order valence-electron chi connectivity index (χ4n) is 5.08. The van der Waals surface area contributed by atoms with Crippen molar-refractivity contribution in [1.82, 2.24) is 25.1 Å². The third kappa shape index (κ3) is 4.66. The first kappa shape index (κ1) is 25.2. The number of benzene rings is 2. The number of anilines is 2. The molecule has 6 rings (SSSR count). The first-order valence-corrected chi connectivity index (χ1v) is 12.8. The molecule has 0 atom stereocenters. The quantitative estimate of drug-likeness (QED) is 0.202. The zero-order chi connectivity index (χ0) is 27.8. The number of aromatic nitrogens is 4. The van der Waals surface area contributed by atoms with E-state index in [0.717, 1.165) is 31.5 Å². The van der Waals surface area contributed by atoms with Crippen LogP contribution in [-0.2, 0) is 11.2 Å². The van der Waals surface area contributed by atoms with Gasteiger partial charge in [0.15, 0.2) is 5.65 Å². The average molecular weight is 543 g/mol. The number of nitrogens with two attached hydrogens (primary N) is 1. The van der Waals surface area contributed by atoms with E-state index in [9.17, 15) is 14.9 Å². The van der Waals surface area contributed by atoms with Crippen LogP contribution in [0.2, 0.25) is 0 Å². The predicted molar refractivity (Wildman–Crippen MR) is 148 cm³/mol. The summed E-state index contributed by atoms with van der Waals surface area (Å²) in [6.45, 7) is 1.80. The molecule has 3 aromatic heterocycles. The van der Waals surface area contributed by atoms with Gasteiger partial charge in [0, 0.05) is 23.1 Å². The highest BCUT2D eigenvalue weighted by Gasteiger charge is 2.24. The SMILES string of the molecule is COc1cc(-c2nn(C3CCNCC3)c3ncnc(N)c23)ccc1NC(=O)Cc1cc2cc([N+](=O)[O-])ccc2o1. The number of methoxy groups -OCH3 is 1. The Kier molecular flexibility index (Phi) is 6.48. The zero-order valence-electron chi connectivity index (χ0n) is 21.6. The lowest BCUT2D eigenvalue weighted by Crippen LogP contribution is -2.30. The molecule has 2 aromatic carbocycles. The highest BCUT2D eigenvalue weighted by atomic mass is 16.6. The lowest BCUT2D eigenvalue weighted by Gasteiger charge is -2.23. The number of furan rings is 1. The topological polar surface area (TPSA) is 176 Å². The van der Waals surface area contributed by atoms with E-state index in [2.05, 4.69) is 20.6 Å². The van der Waals surface area contributed by atoms with Crippen LogP contribution in [0.3, 0.4) is 0 Å². The molecule has 0 aliphatic carbocycles. The van der Waals surface area contributed by atoms with Gasteiger partial charge in [0.2, 0.25) is 5.91 Å². The summed E-state index contributed by atoms with van der Waals surface area (Å²) in [5.41, 5.74) is 9.23. The second kappa shape index (κ2) is 10.3. The Bertz CT molecular complexity index is 1760. The number of nitrogens with zero attached hydrogens (tertiary/aromatic N) is 5. The van der Waals surface area contributed by atoms with Crippen LogP contribution in [0.15, 0.2) is 53.2 Å². The number of hydrogen-bond acceptors (Lipinski definition) is 10. The Morgan fingerprint density at radius 3 is 2.83 bits per heavy atom. The molecule has 0 radical (unpaired) electrons. The third-order valence-electron chi connectivity index (χ3n) is 7.02. The molecule has 1 saturated heterocycles. The van der Waals surface area contributed by atoms with E-state index >= 15 is 0 Å². The molecule has 0 unspecified atom stereocenters. The summed E-state index contributed by atoms with van der Waals surface area (Å²) < 4.78 is 13.2. The molecule has 4 heterocycles. The van der Waals surface area contributed by atoms with Gasteiger partial charge >= 0.3 is 0 Å². The maximum Gasteiger partial charge on any atom is 0.270 e. The fraction of sp³-hybridized carbons (Fsp3) is 0.259. The second-order valence-electron chi connectivity index (χ2n) is 9.56. The van der Waals surface area contributed by atoms with Gasteiger partial charge in [-0.1, -0.05) is 6.07 Å². The van der Waals surface area contributed by atoms with Crippen molar-refractivity contribution in [2.45, 2.75) is 25.3 Å². The van der Waals surface area contributed by atoms with E-state index in [1.54, 1.807) is 18.2 Å². The van der Waals surface area contributed by atoms with Crippen molar-refractivity contribution in [3.8, 4) is 17.0 Å². The summed E-state index contributed by atoms with van der Waals surface area (Å²) in [6, 6.07) is 11.5. The number of piperidine rings is 1. The van der Waals surface area contributed by atoms with Crippen LogP contribution in [-0.4, -0.2) is 50.8 Å². The first-order chi connectivity index (χ1) is 19.4. The van der Waals surface area contributed by atoms with Crippen LogP contribution >= 0.6 is 0 Å². The minimum Gasteiger partial charge on any atom is -0.495 e. The summed E-state index contributed by atoms with van der Waals surface area (Å²) in [7, 11) is 1.52. The number of fused-ring (bicyclic) bond motifs is 2. The zero-order valence-corrected chi connectivity index (χ0v) is 21.6. The molecule has 5 aromatic rings. The summed E-state index contributed by atoms with van der Waals surface area (Å²) in [5.74, 6) is 0.825. The van der Waals surface area contributed by atoms with Crippen molar-refractivity contribution in [2.24, 2.45) is 0 Å². The van der Waals surface area contributed by atoms with Crippen molar-refractivity contribution in [1.29, 1.82) is 0 Å². The number of ether oxygens (including phenoxy) is 1. The highest BCUT2D eigenvalue weighted by molar-refractivity contribution is 5.99. The molecule has 0 spiro atoms. The molecule has 0 saturated carbocycles. The van der Waals surface area contributed by atoms with Gasteiger partial charge in [-0.05, 0) is 50.2 Å². The van der Waals surface area contributed by atoms with Gasteiger partial charge in [0.05, 0.1) is 35.6 Å². The second-order valence-corrected chi connectivity index (χ2v) is 9.56. The molecular weight excluding hydrogens is 516 g/mol. The molecule has 1 fully saturated rings. The summed E-state index contributed by atoms with van der Waals surface area (Å²) in [5, 5.41) is 23.4. The summed E-state index contributed by atoms with van der Waals surface area (Å²) >= 11 is 0. The van der Waals surface area contributed by atoms with Crippen LogP contribution in [0.4, 0.5) is 17.2 Å². The van der Waals surface area contributed by atoms with E-state index in [0.29, 0.717) is 50.7 Å². The number of hydrogen-bond donors (Lipinski definition) is 3. The van der Waals surface area contributed by atoms with Crippen molar-refractivity contribution in [3.63, 3.8) is 0 Å². The van der Waals surface area contributed by atoms with Crippen LogP contribution in [0.5, 0.6) is 5.75 Å². The van der Waals surface area contributed by atoms with Crippen LogP contribution in [0.25, 0.3) is 33.3 Å². The Balaban J connectivity index is 1.27. The molecule has 1 aliphatic heterocycles. The van der Waals surface area contributed by atoms with Crippen molar-refractivity contribution in [3.05, 3.63) is 64.7 Å². The van der Waals surface area contributed by atoms with E-state index < -0.39 is 4.92 Å². The number of rotatable bonds is 7. The first-order valence-electron chi connectivity index (χ1n) is 12.8. The number of amides is 1. The number of carbonyl (C=O) groups excluding carboxylic acids is 1. The molecule has 40 heavy (non-hydrogen) atoms. The van der Waals surface area contributed by atoms with Crippen LogP contribution < -0.4 is 21.1 Å². The number of carbonyl (C=O) groups is 1. The van der Waals surface area contributed by atoms with Crippen LogP contribution in [0, 0.1) is 10.1 Å². The summed E-state index contributed by atoms with van der Waals surface area (Å²) in [4.78, 5) is 32.1. The van der Waals surface area contributed by atoms with E-state index in [4.69, 9.17) is 20.0 Å². The molecular formula is C27H26N8O5. The molecule has 204 valence electrons. The van der Waals surface area contributed by atoms with Gasteiger partial charge in [0.1, 0.15) is 34.9 Å². The number of nitrogens with one attached hydrogen (secondary N) is 2. The van der Waals surface area contributed by atoms with Gasteiger partial charge in [-0.25, -0.2) is 14.6 Å². The molecule has 13 heteroatoms. The molecule has 4 N–H and O–H groups in total.